The Labute approximate surface area is 124 Å². The Balaban J connectivity index is 2.00. The molecule has 116 valence electrons. The van der Waals surface area contributed by atoms with E-state index in [4.69, 9.17) is 4.74 Å². The quantitative estimate of drug-likeness (QED) is 0.868. The number of benzene rings is 1. The fraction of sp³-hybridized carbons (Fsp3) is 0.462. The fourth-order valence-electron chi connectivity index (χ4n) is 1.96. The minimum Gasteiger partial charge on any atom is -0.443 e. The Morgan fingerprint density at radius 2 is 2.14 bits per heavy atom. The monoisotopic (exact) mass is 313 g/mol. The molecule has 1 saturated heterocycles. The van der Waals surface area contributed by atoms with Gasteiger partial charge < -0.3 is 4.74 Å². The first-order valence-electron chi connectivity index (χ1n) is 6.51. The lowest BCUT2D eigenvalue weighted by Gasteiger charge is -2.15. The van der Waals surface area contributed by atoms with Gasteiger partial charge in [0.15, 0.2) is 0 Å². The number of ether oxygens (including phenoxy) is 1. The summed E-state index contributed by atoms with van der Waals surface area (Å²) in [7, 11) is -0.653. The number of anilines is 1. The summed E-state index contributed by atoms with van der Waals surface area (Å²) in [6, 6.07) is 7.50. The Hall–Kier alpha value is -1.64. The van der Waals surface area contributed by atoms with Crippen molar-refractivity contribution in [2.24, 2.45) is 0 Å². The maximum Gasteiger partial charge on any atom is 0.414 e. The molecule has 21 heavy (non-hydrogen) atoms. The second kappa shape index (κ2) is 6.00. The molecule has 1 aromatic carbocycles. The van der Waals surface area contributed by atoms with Crippen LogP contribution in [0.3, 0.4) is 0 Å². The lowest BCUT2D eigenvalue weighted by atomic mass is 10.2. The van der Waals surface area contributed by atoms with Crippen molar-refractivity contribution in [3.05, 3.63) is 29.8 Å². The van der Waals surface area contributed by atoms with Crippen molar-refractivity contribution in [3.8, 4) is 0 Å². The number of hydrogen-bond acceptors (Lipinski definition) is 4. The van der Waals surface area contributed by atoms with Crippen LogP contribution in [0.4, 0.5) is 10.5 Å². The predicted octanol–water partition coefficient (Wildman–Crippen LogP) is 0.716. The van der Waals surface area contributed by atoms with Crippen LogP contribution in [0.15, 0.2) is 24.3 Å². The normalized spacial score (nSPS) is 19.1. The molecule has 1 N–H and O–H groups in total. The molecule has 1 aromatic rings. The van der Waals surface area contributed by atoms with E-state index >= 15 is 0 Å². The Morgan fingerprint density at radius 1 is 1.43 bits per heavy atom. The van der Waals surface area contributed by atoms with Gasteiger partial charge in [0, 0.05) is 19.8 Å². The average Bonchev–Trinajstić information content (AvgIpc) is 2.78. The Bertz CT molecular complexity index is 630. The second-order valence-corrected chi connectivity index (χ2v) is 7.06. The smallest absolute Gasteiger partial charge is 0.414 e. The van der Waals surface area contributed by atoms with E-state index in [9.17, 15) is 13.2 Å². The highest BCUT2D eigenvalue weighted by molar-refractivity contribution is 7.87. The zero-order valence-corrected chi connectivity index (χ0v) is 13.1. The van der Waals surface area contributed by atoms with Crippen LogP contribution in [-0.2, 0) is 14.9 Å². The molecule has 0 saturated carbocycles. The van der Waals surface area contributed by atoms with Crippen LogP contribution in [0, 0.1) is 6.92 Å². The lowest BCUT2D eigenvalue weighted by molar-refractivity contribution is 0.143. The van der Waals surface area contributed by atoms with E-state index in [0.717, 1.165) is 15.6 Å². The summed E-state index contributed by atoms with van der Waals surface area (Å²) in [5.74, 6) is 0. The molecule has 0 bridgehead atoms. The van der Waals surface area contributed by atoms with Crippen LogP contribution in [0.25, 0.3) is 0 Å². The van der Waals surface area contributed by atoms with Crippen LogP contribution in [0.5, 0.6) is 0 Å². The standard InChI is InChI=1S/C13H19N3O4S/c1-10-5-4-6-11(7-10)16-9-12(20-13(16)17)8-14-21(18,19)15(2)3/h4-7,12,14H,8-9H2,1-3H3. The lowest BCUT2D eigenvalue weighted by Crippen LogP contribution is -2.40. The van der Waals surface area contributed by atoms with Gasteiger partial charge in [-0.1, -0.05) is 12.1 Å². The summed E-state index contributed by atoms with van der Waals surface area (Å²) in [4.78, 5) is 13.4. The van der Waals surface area contributed by atoms with Crippen LogP contribution in [0.2, 0.25) is 0 Å². The number of amides is 1. The fourth-order valence-corrected chi connectivity index (χ4v) is 2.62. The highest BCUT2D eigenvalue weighted by atomic mass is 32.2. The third kappa shape index (κ3) is 3.72. The number of nitrogens with one attached hydrogen (secondary N) is 1. The van der Waals surface area contributed by atoms with Crippen molar-refractivity contribution in [1.29, 1.82) is 0 Å². The maximum atomic E-state index is 11.9. The molecular formula is C13H19N3O4S. The second-order valence-electron chi connectivity index (χ2n) is 5.09. The molecule has 1 amide bonds. The molecule has 7 nitrogen and oxygen atoms in total. The number of aryl methyl sites for hydroxylation is 1. The largest absolute Gasteiger partial charge is 0.443 e. The highest BCUT2D eigenvalue weighted by Crippen LogP contribution is 2.22. The Morgan fingerprint density at radius 3 is 2.76 bits per heavy atom. The molecule has 0 aliphatic carbocycles. The van der Waals surface area contributed by atoms with Crippen molar-refractivity contribution in [1.82, 2.24) is 9.03 Å². The van der Waals surface area contributed by atoms with Gasteiger partial charge in [0.05, 0.1) is 13.1 Å². The average molecular weight is 313 g/mol. The van der Waals surface area contributed by atoms with Crippen LogP contribution >= 0.6 is 0 Å². The topological polar surface area (TPSA) is 79.0 Å². The van der Waals surface area contributed by atoms with Crippen molar-refractivity contribution >= 4 is 22.0 Å². The minimum atomic E-state index is -3.52. The predicted molar refractivity (Wildman–Crippen MR) is 79.4 cm³/mol. The van der Waals surface area contributed by atoms with Gasteiger partial charge in [0.2, 0.25) is 0 Å². The molecule has 0 spiro atoms. The number of hydrogen-bond donors (Lipinski definition) is 1. The van der Waals surface area contributed by atoms with E-state index in [1.165, 1.54) is 19.0 Å². The zero-order chi connectivity index (χ0) is 15.6. The number of carbonyl (C=O) groups excluding carboxylic acids is 1. The Kier molecular flexibility index (Phi) is 4.50. The first-order valence-corrected chi connectivity index (χ1v) is 7.95. The molecule has 1 atom stereocenters. The van der Waals surface area contributed by atoms with Crippen LogP contribution in [-0.4, -0.2) is 52.1 Å². The van der Waals surface area contributed by atoms with Gasteiger partial charge in [-0.15, -0.1) is 0 Å². The van der Waals surface area contributed by atoms with Gasteiger partial charge in [0.25, 0.3) is 10.2 Å². The molecule has 1 unspecified atom stereocenters. The van der Waals surface area contributed by atoms with E-state index in [0.29, 0.717) is 6.54 Å². The summed E-state index contributed by atoms with van der Waals surface area (Å²) in [5.41, 5.74) is 1.79. The molecule has 2 rings (SSSR count). The van der Waals surface area contributed by atoms with Crippen LogP contribution < -0.4 is 9.62 Å². The van der Waals surface area contributed by atoms with E-state index in [1.807, 2.05) is 31.2 Å². The maximum absolute atomic E-state index is 11.9. The third-order valence-corrected chi connectivity index (χ3v) is 4.65. The van der Waals surface area contributed by atoms with Crippen molar-refractivity contribution < 1.29 is 17.9 Å². The van der Waals surface area contributed by atoms with Gasteiger partial charge in [-0.05, 0) is 24.6 Å². The molecule has 1 aliphatic heterocycles. The zero-order valence-electron chi connectivity index (χ0n) is 12.2. The molecule has 1 fully saturated rings. The summed E-state index contributed by atoms with van der Waals surface area (Å²) in [6.07, 6.45) is -0.970. The number of carbonyl (C=O) groups is 1. The summed E-state index contributed by atoms with van der Waals surface area (Å²) >= 11 is 0. The van der Waals surface area contributed by atoms with Gasteiger partial charge in [-0.25, -0.2) is 4.79 Å². The minimum absolute atomic E-state index is 0.0502. The van der Waals surface area contributed by atoms with Crippen LogP contribution in [0.1, 0.15) is 5.56 Å². The summed E-state index contributed by atoms with van der Waals surface area (Å²) < 4.78 is 31.9. The first kappa shape index (κ1) is 15.7. The molecular weight excluding hydrogens is 294 g/mol. The summed E-state index contributed by atoms with van der Waals surface area (Å²) in [5, 5.41) is 0. The molecule has 8 heteroatoms. The molecule has 1 heterocycles. The highest BCUT2D eigenvalue weighted by Gasteiger charge is 2.33. The van der Waals surface area contributed by atoms with Gasteiger partial charge in [0.1, 0.15) is 6.10 Å². The number of cyclic esters (lactones) is 1. The third-order valence-electron chi connectivity index (χ3n) is 3.16. The molecule has 0 aromatic heterocycles. The van der Waals surface area contributed by atoms with Crippen molar-refractivity contribution in [3.63, 3.8) is 0 Å². The van der Waals surface area contributed by atoms with Crippen molar-refractivity contribution in [2.75, 3.05) is 32.1 Å². The summed E-state index contributed by atoms with van der Waals surface area (Å²) in [6.45, 7) is 2.31. The molecule has 0 radical (unpaired) electrons. The SMILES string of the molecule is Cc1cccc(N2CC(CNS(=O)(=O)N(C)C)OC2=O)c1. The van der Waals surface area contributed by atoms with E-state index in [-0.39, 0.29) is 6.54 Å². The number of rotatable bonds is 5. The van der Waals surface area contributed by atoms with Gasteiger partial charge in [-0.3, -0.25) is 4.90 Å². The molecule has 1 aliphatic rings. The van der Waals surface area contributed by atoms with Crippen molar-refractivity contribution in [2.45, 2.75) is 13.0 Å². The van der Waals surface area contributed by atoms with E-state index in [2.05, 4.69) is 4.72 Å². The number of nitrogens with zero attached hydrogens (tertiary/aromatic N) is 2. The van der Waals surface area contributed by atoms with Gasteiger partial charge in [-0.2, -0.15) is 17.4 Å². The van der Waals surface area contributed by atoms with Gasteiger partial charge >= 0.3 is 6.09 Å². The van der Waals surface area contributed by atoms with E-state index < -0.39 is 22.4 Å². The first-order chi connectivity index (χ1) is 9.79. The van der Waals surface area contributed by atoms with E-state index in [1.54, 1.807) is 0 Å².